The van der Waals surface area contributed by atoms with Gasteiger partial charge in [0.25, 0.3) is 0 Å². The van der Waals surface area contributed by atoms with Crippen molar-refractivity contribution in [1.82, 2.24) is 0 Å². The minimum Gasteiger partial charge on any atom is -0.492 e. The van der Waals surface area contributed by atoms with Crippen LogP contribution in [0.2, 0.25) is 5.02 Å². The predicted molar refractivity (Wildman–Crippen MR) is 90.1 cm³/mol. The zero-order valence-electron chi connectivity index (χ0n) is 12.2. The van der Waals surface area contributed by atoms with Crippen LogP contribution in [0.25, 0.3) is 0 Å². The monoisotopic (exact) mass is 400 g/mol. The molecule has 23 heavy (non-hydrogen) atoms. The minimum atomic E-state index is -0.320. The highest BCUT2D eigenvalue weighted by Gasteiger charge is 2.06. The molecule has 0 saturated heterocycles. The van der Waals surface area contributed by atoms with Gasteiger partial charge in [0, 0.05) is 10.9 Å². The molecule has 0 bridgehead atoms. The molecule has 0 spiro atoms. The van der Waals surface area contributed by atoms with Crippen molar-refractivity contribution in [3.05, 3.63) is 63.3 Å². The van der Waals surface area contributed by atoms with E-state index in [4.69, 9.17) is 21.1 Å². The first-order valence-corrected chi connectivity index (χ1v) is 8.19. The van der Waals surface area contributed by atoms with E-state index in [0.29, 0.717) is 23.8 Å². The maximum Gasteiger partial charge on any atom is 0.306 e. The molecule has 2 rings (SSSR count). The number of carbonyl (C=O) groups is 1. The van der Waals surface area contributed by atoms with Gasteiger partial charge in [-0.15, -0.1) is 0 Å². The van der Waals surface area contributed by atoms with Crippen molar-refractivity contribution >= 4 is 33.5 Å². The molecule has 0 fully saturated rings. The summed E-state index contributed by atoms with van der Waals surface area (Å²) in [6, 6.07) is 11.2. The zero-order chi connectivity index (χ0) is 16.7. The average molecular weight is 402 g/mol. The lowest BCUT2D eigenvalue weighted by Gasteiger charge is -2.08. The van der Waals surface area contributed by atoms with Gasteiger partial charge >= 0.3 is 5.97 Å². The van der Waals surface area contributed by atoms with Crippen molar-refractivity contribution in [2.24, 2.45) is 0 Å². The number of ether oxygens (including phenoxy) is 2. The number of benzene rings is 2. The van der Waals surface area contributed by atoms with Gasteiger partial charge in [0.05, 0.1) is 11.6 Å². The standard InChI is InChI=1S/C17H15BrClFO3/c18-13-5-8-16(15(19)10-13)22-9-1-2-17(21)23-11-12-3-6-14(20)7-4-12/h3-8,10H,1-2,9,11H2. The van der Waals surface area contributed by atoms with Crippen LogP contribution in [0, 0.1) is 5.82 Å². The van der Waals surface area contributed by atoms with E-state index in [9.17, 15) is 9.18 Å². The molecule has 0 heterocycles. The van der Waals surface area contributed by atoms with Gasteiger partial charge in [-0.3, -0.25) is 4.79 Å². The topological polar surface area (TPSA) is 35.5 Å². The van der Waals surface area contributed by atoms with Gasteiger partial charge in [-0.2, -0.15) is 0 Å². The highest BCUT2D eigenvalue weighted by atomic mass is 79.9. The van der Waals surface area contributed by atoms with Crippen molar-refractivity contribution in [3.8, 4) is 5.75 Å². The van der Waals surface area contributed by atoms with Crippen molar-refractivity contribution in [3.63, 3.8) is 0 Å². The molecule has 6 heteroatoms. The largest absolute Gasteiger partial charge is 0.492 e. The molecular formula is C17H15BrClFO3. The second-order valence-electron chi connectivity index (χ2n) is 4.81. The van der Waals surface area contributed by atoms with Crippen LogP contribution in [0.5, 0.6) is 5.75 Å². The van der Waals surface area contributed by atoms with Gasteiger partial charge in [0.15, 0.2) is 0 Å². The van der Waals surface area contributed by atoms with Gasteiger partial charge in [0.2, 0.25) is 0 Å². The zero-order valence-corrected chi connectivity index (χ0v) is 14.6. The van der Waals surface area contributed by atoms with Crippen molar-refractivity contribution in [2.75, 3.05) is 6.61 Å². The van der Waals surface area contributed by atoms with E-state index in [-0.39, 0.29) is 24.8 Å². The number of carbonyl (C=O) groups excluding carboxylic acids is 1. The molecule has 0 aliphatic rings. The summed E-state index contributed by atoms with van der Waals surface area (Å²) in [5.74, 6) is -0.0572. The average Bonchev–Trinajstić information content (AvgIpc) is 2.52. The number of hydrogen-bond acceptors (Lipinski definition) is 3. The van der Waals surface area contributed by atoms with Crippen LogP contribution in [0.3, 0.4) is 0 Å². The lowest BCUT2D eigenvalue weighted by atomic mass is 10.2. The summed E-state index contributed by atoms with van der Waals surface area (Å²) in [4.78, 5) is 11.6. The van der Waals surface area contributed by atoms with Gasteiger partial charge in [-0.05, 0) is 42.3 Å². The molecule has 0 aromatic heterocycles. The Bertz CT molecular complexity index is 661. The Hall–Kier alpha value is -1.59. The Labute approximate surface area is 147 Å². The molecule has 0 N–H and O–H groups in total. The first kappa shape index (κ1) is 17.8. The normalized spacial score (nSPS) is 10.4. The summed E-state index contributed by atoms with van der Waals surface area (Å²) in [5.41, 5.74) is 0.748. The Morgan fingerprint density at radius 1 is 1.17 bits per heavy atom. The lowest BCUT2D eigenvalue weighted by molar-refractivity contribution is -0.145. The summed E-state index contributed by atoms with van der Waals surface area (Å²) < 4.78 is 24.2. The maximum absolute atomic E-state index is 12.7. The Morgan fingerprint density at radius 2 is 1.91 bits per heavy atom. The van der Waals surface area contributed by atoms with Crippen molar-refractivity contribution in [1.29, 1.82) is 0 Å². The Balaban J connectivity index is 1.65. The molecular weight excluding hydrogens is 387 g/mol. The Kier molecular flexibility index (Phi) is 6.86. The molecule has 0 saturated carbocycles. The Morgan fingerprint density at radius 3 is 2.61 bits per heavy atom. The third-order valence-electron chi connectivity index (χ3n) is 2.99. The predicted octanol–water partition coefficient (Wildman–Crippen LogP) is 5.14. The van der Waals surface area contributed by atoms with Crippen LogP contribution in [-0.4, -0.2) is 12.6 Å². The minimum absolute atomic E-state index is 0.137. The SMILES string of the molecule is O=C(CCCOc1ccc(Br)cc1Cl)OCc1ccc(F)cc1. The first-order chi connectivity index (χ1) is 11.0. The molecule has 2 aromatic carbocycles. The fraction of sp³-hybridized carbons (Fsp3) is 0.235. The first-order valence-electron chi connectivity index (χ1n) is 7.02. The molecule has 0 unspecified atom stereocenters. The summed E-state index contributed by atoms with van der Waals surface area (Å²) >= 11 is 9.34. The van der Waals surface area contributed by atoms with E-state index in [2.05, 4.69) is 15.9 Å². The molecule has 122 valence electrons. The lowest BCUT2D eigenvalue weighted by Crippen LogP contribution is -2.07. The molecule has 0 aliphatic heterocycles. The van der Waals surface area contributed by atoms with Crippen molar-refractivity contribution < 1.29 is 18.7 Å². The van der Waals surface area contributed by atoms with E-state index in [1.165, 1.54) is 12.1 Å². The maximum atomic E-state index is 12.7. The number of rotatable bonds is 7. The van der Waals surface area contributed by atoms with Gasteiger partial charge in [-0.25, -0.2) is 4.39 Å². The second kappa shape index (κ2) is 8.89. The number of hydrogen-bond donors (Lipinski definition) is 0. The van der Waals surface area contributed by atoms with Gasteiger partial charge in [0.1, 0.15) is 18.2 Å². The van der Waals surface area contributed by atoms with E-state index >= 15 is 0 Å². The number of halogens is 3. The highest BCUT2D eigenvalue weighted by Crippen LogP contribution is 2.27. The summed E-state index contributed by atoms with van der Waals surface area (Å²) in [6.07, 6.45) is 0.768. The molecule has 0 atom stereocenters. The fourth-order valence-corrected chi connectivity index (χ4v) is 2.54. The van der Waals surface area contributed by atoms with Crippen LogP contribution < -0.4 is 4.74 Å². The summed E-state index contributed by atoms with van der Waals surface area (Å²) in [5, 5.41) is 0.512. The molecule has 3 nitrogen and oxygen atoms in total. The van der Waals surface area contributed by atoms with E-state index in [1.54, 1.807) is 24.3 Å². The molecule has 0 amide bonds. The van der Waals surface area contributed by atoms with Crippen LogP contribution in [0.4, 0.5) is 4.39 Å². The van der Waals surface area contributed by atoms with Crippen LogP contribution in [0.1, 0.15) is 18.4 Å². The fourth-order valence-electron chi connectivity index (χ4n) is 1.81. The molecule has 0 radical (unpaired) electrons. The number of esters is 1. The van der Waals surface area contributed by atoms with Crippen LogP contribution in [0.15, 0.2) is 46.9 Å². The van der Waals surface area contributed by atoms with Crippen molar-refractivity contribution in [2.45, 2.75) is 19.4 Å². The third kappa shape index (κ3) is 6.20. The van der Waals surface area contributed by atoms with E-state index in [1.807, 2.05) is 6.07 Å². The molecule has 2 aromatic rings. The highest BCUT2D eigenvalue weighted by molar-refractivity contribution is 9.10. The summed E-state index contributed by atoms with van der Waals surface area (Å²) in [7, 11) is 0. The summed E-state index contributed by atoms with van der Waals surface area (Å²) in [6.45, 7) is 0.505. The van der Waals surface area contributed by atoms with Gasteiger partial charge in [-0.1, -0.05) is 39.7 Å². The van der Waals surface area contributed by atoms with E-state index < -0.39 is 0 Å². The smallest absolute Gasteiger partial charge is 0.306 e. The van der Waals surface area contributed by atoms with Crippen LogP contribution >= 0.6 is 27.5 Å². The second-order valence-corrected chi connectivity index (χ2v) is 6.14. The van der Waals surface area contributed by atoms with Gasteiger partial charge < -0.3 is 9.47 Å². The van der Waals surface area contributed by atoms with E-state index in [0.717, 1.165) is 10.0 Å². The molecule has 0 aliphatic carbocycles. The third-order valence-corrected chi connectivity index (χ3v) is 3.78. The van der Waals surface area contributed by atoms with Crippen LogP contribution in [-0.2, 0) is 16.1 Å². The quantitative estimate of drug-likeness (QED) is 0.476.